The number of piperidine rings is 1. The molecule has 1 aromatic carbocycles. The van der Waals surface area contributed by atoms with Gasteiger partial charge >= 0.3 is 0 Å². The molecule has 1 aromatic heterocycles. The van der Waals surface area contributed by atoms with E-state index in [0.29, 0.717) is 50.5 Å². The van der Waals surface area contributed by atoms with E-state index in [1.165, 1.54) is 35.9 Å². The molecule has 0 atom stereocenters. The van der Waals surface area contributed by atoms with Crippen LogP contribution in [-0.4, -0.2) is 62.7 Å². The zero-order valence-corrected chi connectivity index (χ0v) is 19.4. The Balaban J connectivity index is 1.70. The molecule has 1 fully saturated rings. The predicted octanol–water partition coefficient (Wildman–Crippen LogP) is 2.81. The fourth-order valence-corrected chi connectivity index (χ4v) is 5.28. The van der Waals surface area contributed by atoms with Gasteiger partial charge in [0.05, 0.1) is 24.0 Å². The molecule has 1 saturated heterocycles. The quantitative estimate of drug-likeness (QED) is 0.645. The third kappa shape index (κ3) is 4.97. The van der Waals surface area contributed by atoms with Gasteiger partial charge in [0, 0.05) is 32.1 Å². The van der Waals surface area contributed by atoms with Crippen molar-refractivity contribution in [3.63, 3.8) is 0 Å². The van der Waals surface area contributed by atoms with E-state index in [4.69, 9.17) is 9.15 Å². The SMILES string of the molecule is CCN(CC)S(=O)(=O)c1ccc(OC)c(NC(=O)C2CCN(C(=O)c3ccco3)CC2)c1. The van der Waals surface area contributed by atoms with Gasteiger partial charge in [0.1, 0.15) is 5.75 Å². The van der Waals surface area contributed by atoms with Crippen LogP contribution in [0, 0.1) is 5.92 Å². The first kappa shape index (κ1) is 23.8. The molecule has 0 bridgehead atoms. The second kappa shape index (κ2) is 10.2. The molecule has 32 heavy (non-hydrogen) atoms. The van der Waals surface area contributed by atoms with Crippen LogP contribution >= 0.6 is 0 Å². The summed E-state index contributed by atoms with van der Waals surface area (Å²) in [6.07, 6.45) is 2.45. The lowest BCUT2D eigenvalue weighted by atomic mass is 9.95. The maximum absolute atomic E-state index is 12.9. The summed E-state index contributed by atoms with van der Waals surface area (Å²) in [5.41, 5.74) is 0.305. The first-order chi connectivity index (χ1) is 15.3. The molecule has 9 nitrogen and oxygen atoms in total. The van der Waals surface area contributed by atoms with Crippen molar-refractivity contribution >= 4 is 27.5 Å². The highest BCUT2D eigenvalue weighted by Gasteiger charge is 2.30. The zero-order chi connectivity index (χ0) is 23.3. The van der Waals surface area contributed by atoms with Gasteiger partial charge in [0.25, 0.3) is 5.91 Å². The monoisotopic (exact) mass is 463 g/mol. The van der Waals surface area contributed by atoms with Crippen LogP contribution in [-0.2, 0) is 14.8 Å². The van der Waals surface area contributed by atoms with Crippen LogP contribution in [0.15, 0.2) is 45.9 Å². The van der Waals surface area contributed by atoms with E-state index >= 15 is 0 Å². The third-order valence-corrected chi connectivity index (χ3v) is 7.70. The van der Waals surface area contributed by atoms with Crippen molar-refractivity contribution in [3.05, 3.63) is 42.4 Å². The number of nitrogens with one attached hydrogen (secondary N) is 1. The first-order valence-corrected chi connectivity index (χ1v) is 12.1. The molecule has 2 heterocycles. The molecular weight excluding hydrogens is 434 g/mol. The number of hydrogen-bond donors (Lipinski definition) is 1. The Bertz CT molecular complexity index is 1040. The number of likely N-dealkylation sites (tertiary alicyclic amines) is 1. The number of sulfonamides is 1. The number of nitrogens with zero attached hydrogens (tertiary/aromatic N) is 2. The molecule has 0 aliphatic carbocycles. The molecule has 0 saturated carbocycles. The highest BCUT2D eigenvalue weighted by molar-refractivity contribution is 7.89. The minimum absolute atomic E-state index is 0.0937. The topological polar surface area (TPSA) is 109 Å². The first-order valence-electron chi connectivity index (χ1n) is 10.6. The molecule has 0 unspecified atom stereocenters. The molecule has 2 aromatic rings. The Morgan fingerprint density at radius 3 is 2.44 bits per heavy atom. The van der Waals surface area contributed by atoms with Crippen LogP contribution in [0.1, 0.15) is 37.2 Å². The van der Waals surface area contributed by atoms with Crippen LogP contribution in [0.5, 0.6) is 5.75 Å². The Kier molecular flexibility index (Phi) is 7.57. The number of carbonyl (C=O) groups is 2. The summed E-state index contributed by atoms with van der Waals surface area (Å²) in [4.78, 5) is 27.1. The standard InChI is InChI=1S/C22H29N3O6S/c1-4-25(5-2)32(28,29)17-8-9-19(30-3)18(15-17)23-21(26)16-10-12-24(13-11-16)22(27)20-7-6-14-31-20/h6-9,14-16H,4-5,10-13H2,1-3H3,(H,23,26). The lowest BCUT2D eigenvalue weighted by Crippen LogP contribution is -2.41. The Labute approximate surface area is 188 Å². The average Bonchev–Trinajstić information content (AvgIpc) is 3.34. The van der Waals surface area contributed by atoms with Gasteiger partial charge in [-0.2, -0.15) is 4.31 Å². The lowest BCUT2D eigenvalue weighted by molar-refractivity contribution is -0.121. The minimum atomic E-state index is -3.67. The second-order valence-electron chi connectivity index (χ2n) is 7.48. The van der Waals surface area contributed by atoms with E-state index in [1.807, 2.05) is 0 Å². The number of benzene rings is 1. The van der Waals surface area contributed by atoms with Gasteiger partial charge in [-0.05, 0) is 43.2 Å². The largest absolute Gasteiger partial charge is 0.495 e. The molecule has 1 N–H and O–H groups in total. The van der Waals surface area contributed by atoms with Crippen molar-refractivity contribution in [2.24, 2.45) is 5.92 Å². The fourth-order valence-electron chi connectivity index (χ4n) is 3.79. The van der Waals surface area contributed by atoms with Crippen molar-refractivity contribution < 1.29 is 27.2 Å². The summed E-state index contributed by atoms with van der Waals surface area (Å²) in [5, 5.41) is 2.82. The zero-order valence-electron chi connectivity index (χ0n) is 18.5. The average molecular weight is 464 g/mol. The van der Waals surface area contributed by atoms with Crippen molar-refractivity contribution in [2.75, 3.05) is 38.6 Å². The Morgan fingerprint density at radius 2 is 1.88 bits per heavy atom. The second-order valence-corrected chi connectivity index (χ2v) is 9.42. The van der Waals surface area contributed by atoms with Gasteiger partial charge in [-0.1, -0.05) is 13.8 Å². The molecule has 1 aliphatic rings. The van der Waals surface area contributed by atoms with Gasteiger partial charge < -0.3 is 19.4 Å². The maximum Gasteiger partial charge on any atom is 0.289 e. The van der Waals surface area contributed by atoms with Crippen LogP contribution in [0.2, 0.25) is 0 Å². The number of ether oxygens (including phenoxy) is 1. The highest BCUT2D eigenvalue weighted by atomic mass is 32.2. The lowest BCUT2D eigenvalue weighted by Gasteiger charge is -2.31. The number of carbonyl (C=O) groups excluding carboxylic acids is 2. The molecule has 10 heteroatoms. The van der Waals surface area contributed by atoms with E-state index in [1.54, 1.807) is 30.9 Å². The molecule has 0 radical (unpaired) electrons. The summed E-state index contributed by atoms with van der Waals surface area (Å²) >= 11 is 0. The number of rotatable bonds is 8. The normalized spacial score (nSPS) is 15.1. The molecular formula is C22H29N3O6S. The van der Waals surface area contributed by atoms with Gasteiger partial charge in [-0.3, -0.25) is 9.59 Å². The van der Waals surface area contributed by atoms with Gasteiger partial charge in [-0.25, -0.2) is 8.42 Å². The van der Waals surface area contributed by atoms with Crippen LogP contribution in [0.4, 0.5) is 5.69 Å². The number of methoxy groups -OCH3 is 1. The van der Waals surface area contributed by atoms with E-state index in [-0.39, 0.29) is 28.4 Å². The van der Waals surface area contributed by atoms with E-state index in [0.717, 1.165) is 0 Å². The summed E-state index contributed by atoms with van der Waals surface area (Å²) in [5.74, 6) is -0.0647. The predicted molar refractivity (Wildman–Crippen MR) is 119 cm³/mol. The summed E-state index contributed by atoms with van der Waals surface area (Å²) in [7, 11) is -2.21. The van der Waals surface area contributed by atoms with E-state index in [2.05, 4.69) is 5.32 Å². The minimum Gasteiger partial charge on any atom is -0.495 e. The number of amides is 2. The third-order valence-electron chi connectivity index (χ3n) is 5.66. The van der Waals surface area contributed by atoms with Crippen LogP contribution < -0.4 is 10.1 Å². The van der Waals surface area contributed by atoms with E-state index < -0.39 is 10.0 Å². The Morgan fingerprint density at radius 1 is 1.19 bits per heavy atom. The fraction of sp³-hybridized carbons (Fsp3) is 0.455. The maximum atomic E-state index is 12.9. The highest BCUT2D eigenvalue weighted by Crippen LogP contribution is 2.30. The molecule has 3 rings (SSSR count). The van der Waals surface area contributed by atoms with Crippen molar-refractivity contribution in [1.29, 1.82) is 0 Å². The van der Waals surface area contributed by atoms with E-state index in [9.17, 15) is 18.0 Å². The molecule has 1 aliphatic heterocycles. The number of hydrogen-bond acceptors (Lipinski definition) is 6. The van der Waals surface area contributed by atoms with Gasteiger partial charge in [-0.15, -0.1) is 0 Å². The van der Waals surface area contributed by atoms with Crippen LogP contribution in [0.25, 0.3) is 0 Å². The molecule has 174 valence electrons. The summed E-state index contributed by atoms with van der Waals surface area (Å²) in [6.45, 7) is 5.12. The number of anilines is 1. The number of furan rings is 1. The Hall–Kier alpha value is -2.85. The molecule has 2 amide bonds. The van der Waals surface area contributed by atoms with Crippen LogP contribution in [0.3, 0.4) is 0 Å². The van der Waals surface area contributed by atoms with Crippen molar-refractivity contribution in [1.82, 2.24) is 9.21 Å². The van der Waals surface area contributed by atoms with Crippen molar-refractivity contribution in [3.8, 4) is 5.75 Å². The van der Waals surface area contributed by atoms with Gasteiger partial charge in [0.2, 0.25) is 15.9 Å². The molecule has 0 spiro atoms. The summed E-state index contributed by atoms with van der Waals surface area (Å²) < 4.78 is 37.5. The smallest absolute Gasteiger partial charge is 0.289 e. The summed E-state index contributed by atoms with van der Waals surface area (Å²) in [6, 6.07) is 7.72. The van der Waals surface area contributed by atoms with Crippen molar-refractivity contribution in [2.45, 2.75) is 31.6 Å². The van der Waals surface area contributed by atoms with Gasteiger partial charge in [0.15, 0.2) is 5.76 Å².